The van der Waals surface area contributed by atoms with E-state index in [-0.39, 0.29) is 17.7 Å². The minimum atomic E-state index is -0.314. The molecule has 6 heteroatoms. The van der Waals surface area contributed by atoms with Crippen molar-refractivity contribution in [3.63, 3.8) is 0 Å². The summed E-state index contributed by atoms with van der Waals surface area (Å²) < 4.78 is 7.02. The van der Waals surface area contributed by atoms with Gasteiger partial charge >= 0.3 is 0 Å². The zero-order valence-corrected chi connectivity index (χ0v) is 14.0. The molecule has 2 heterocycles. The van der Waals surface area contributed by atoms with Gasteiger partial charge in [-0.3, -0.25) is 4.79 Å². The minimum Gasteiger partial charge on any atom is -0.438 e. The number of benzene rings is 1. The van der Waals surface area contributed by atoms with Crippen LogP contribution in [0.3, 0.4) is 0 Å². The van der Waals surface area contributed by atoms with Crippen LogP contribution in [-0.2, 0) is 6.42 Å². The molecule has 0 bridgehead atoms. The second kappa shape index (κ2) is 6.70. The topological polar surface area (TPSA) is 73.0 Å². The molecular formula is C18H20N4O2. The Labute approximate surface area is 140 Å². The van der Waals surface area contributed by atoms with E-state index in [1.54, 1.807) is 4.68 Å². The van der Waals surface area contributed by atoms with Crippen LogP contribution in [-0.4, -0.2) is 20.7 Å². The smallest absolute Gasteiger partial charge is 0.294 e. The van der Waals surface area contributed by atoms with Crippen LogP contribution in [0.5, 0.6) is 0 Å². The van der Waals surface area contributed by atoms with Gasteiger partial charge < -0.3 is 9.73 Å². The standard InChI is InChI=1S/C18H20N4O2/c1-4-14-17(24-11-19-14)18(23)20-16-10-15(21-22(16)12(2)3)13-8-6-5-7-9-13/h5-12H,4H2,1-3H3,(H,20,23). The van der Waals surface area contributed by atoms with Crippen LogP contribution in [0.1, 0.15) is 43.1 Å². The fourth-order valence-electron chi connectivity index (χ4n) is 2.51. The molecule has 1 amide bonds. The van der Waals surface area contributed by atoms with E-state index in [1.165, 1.54) is 6.39 Å². The van der Waals surface area contributed by atoms with E-state index in [0.717, 1.165) is 11.3 Å². The van der Waals surface area contributed by atoms with Gasteiger partial charge in [-0.1, -0.05) is 37.3 Å². The Morgan fingerprint density at radius 2 is 2.04 bits per heavy atom. The summed E-state index contributed by atoms with van der Waals surface area (Å²) in [5.41, 5.74) is 2.46. The van der Waals surface area contributed by atoms with Gasteiger partial charge in [0, 0.05) is 17.7 Å². The maximum atomic E-state index is 12.5. The van der Waals surface area contributed by atoms with Gasteiger partial charge in [-0.2, -0.15) is 5.10 Å². The van der Waals surface area contributed by atoms with Gasteiger partial charge in [-0.05, 0) is 20.3 Å². The largest absolute Gasteiger partial charge is 0.438 e. The molecule has 1 aromatic carbocycles. The Bertz CT molecular complexity index is 834. The van der Waals surface area contributed by atoms with Crippen molar-refractivity contribution in [2.75, 3.05) is 5.32 Å². The highest BCUT2D eigenvalue weighted by Crippen LogP contribution is 2.25. The molecule has 0 atom stereocenters. The summed E-state index contributed by atoms with van der Waals surface area (Å²) in [6.07, 6.45) is 1.93. The molecule has 0 fully saturated rings. The molecular weight excluding hydrogens is 304 g/mol. The zero-order chi connectivity index (χ0) is 17.1. The Hall–Kier alpha value is -2.89. The Morgan fingerprint density at radius 3 is 2.71 bits per heavy atom. The van der Waals surface area contributed by atoms with Crippen LogP contribution in [0.25, 0.3) is 11.3 Å². The number of amides is 1. The van der Waals surface area contributed by atoms with E-state index in [0.29, 0.717) is 17.9 Å². The summed E-state index contributed by atoms with van der Waals surface area (Å²) in [7, 11) is 0. The van der Waals surface area contributed by atoms with Crippen molar-refractivity contribution >= 4 is 11.7 Å². The van der Waals surface area contributed by atoms with Crippen LogP contribution >= 0.6 is 0 Å². The zero-order valence-electron chi connectivity index (χ0n) is 14.0. The van der Waals surface area contributed by atoms with Gasteiger partial charge in [0.15, 0.2) is 6.39 Å². The summed E-state index contributed by atoms with van der Waals surface area (Å²) >= 11 is 0. The second-order valence-electron chi connectivity index (χ2n) is 5.76. The number of aromatic nitrogens is 3. The van der Waals surface area contributed by atoms with Gasteiger partial charge in [0.1, 0.15) is 5.82 Å². The van der Waals surface area contributed by atoms with Crippen LogP contribution in [0, 0.1) is 0 Å². The van der Waals surface area contributed by atoms with Gasteiger partial charge in [0.2, 0.25) is 5.76 Å². The van der Waals surface area contributed by atoms with Gasteiger partial charge in [-0.25, -0.2) is 9.67 Å². The van der Waals surface area contributed by atoms with Gasteiger partial charge in [-0.15, -0.1) is 0 Å². The average Bonchev–Trinajstić information content (AvgIpc) is 3.22. The van der Waals surface area contributed by atoms with E-state index >= 15 is 0 Å². The number of oxazole rings is 1. The summed E-state index contributed by atoms with van der Waals surface area (Å²) in [4.78, 5) is 16.5. The predicted molar refractivity (Wildman–Crippen MR) is 91.9 cm³/mol. The molecule has 3 aromatic rings. The first kappa shape index (κ1) is 16.0. The number of carbonyl (C=O) groups excluding carboxylic acids is 1. The van der Waals surface area contributed by atoms with Crippen molar-refractivity contribution in [1.29, 1.82) is 0 Å². The molecule has 3 rings (SSSR count). The van der Waals surface area contributed by atoms with E-state index in [2.05, 4.69) is 15.4 Å². The lowest BCUT2D eigenvalue weighted by atomic mass is 10.1. The molecule has 0 spiro atoms. The summed E-state index contributed by atoms with van der Waals surface area (Å²) in [5, 5.41) is 7.50. The molecule has 0 aliphatic carbocycles. The number of nitrogens with zero attached hydrogens (tertiary/aromatic N) is 3. The third-order valence-electron chi connectivity index (χ3n) is 3.72. The molecule has 24 heavy (non-hydrogen) atoms. The van der Waals surface area contributed by atoms with Crippen LogP contribution in [0.15, 0.2) is 47.2 Å². The quantitative estimate of drug-likeness (QED) is 0.771. The number of hydrogen-bond donors (Lipinski definition) is 1. The number of nitrogens with one attached hydrogen (secondary N) is 1. The maximum Gasteiger partial charge on any atom is 0.294 e. The third-order valence-corrected chi connectivity index (χ3v) is 3.72. The Morgan fingerprint density at radius 1 is 1.29 bits per heavy atom. The molecule has 2 aromatic heterocycles. The first-order valence-electron chi connectivity index (χ1n) is 7.98. The van der Waals surface area contributed by atoms with Gasteiger partial charge in [0.05, 0.1) is 11.4 Å². The lowest BCUT2D eigenvalue weighted by Gasteiger charge is -2.11. The van der Waals surface area contributed by atoms with Gasteiger partial charge in [0.25, 0.3) is 5.91 Å². The predicted octanol–water partition coefficient (Wildman–Crippen LogP) is 3.93. The summed E-state index contributed by atoms with van der Waals surface area (Å²) in [6.45, 7) is 5.97. The Kier molecular flexibility index (Phi) is 4.46. The fraction of sp³-hybridized carbons (Fsp3) is 0.278. The van der Waals surface area contributed by atoms with Crippen molar-refractivity contribution in [3.8, 4) is 11.3 Å². The van der Waals surface area contributed by atoms with Crippen molar-refractivity contribution < 1.29 is 9.21 Å². The number of rotatable bonds is 5. The highest BCUT2D eigenvalue weighted by atomic mass is 16.3. The summed E-state index contributed by atoms with van der Waals surface area (Å²) in [5.74, 6) is 0.563. The van der Waals surface area contributed by atoms with Crippen LogP contribution < -0.4 is 5.32 Å². The molecule has 0 aliphatic heterocycles. The molecule has 0 aliphatic rings. The first-order chi connectivity index (χ1) is 11.6. The van der Waals surface area contributed by atoms with E-state index < -0.39 is 0 Å². The summed E-state index contributed by atoms with van der Waals surface area (Å²) in [6, 6.07) is 11.8. The third kappa shape index (κ3) is 3.08. The first-order valence-corrected chi connectivity index (χ1v) is 7.98. The van der Waals surface area contributed by atoms with Crippen molar-refractivity contribution in [3.05, 3.63) is 54.2 Å². The fourth-order valence-corrected chi connectivity index (χ4v) is 2.51. The van der Waals surface area contributed by atoms with Crippen LogP contribution in [0.2, 0.25) is 0 Å². The molecule has 0 radical (unpaired) electrons. The number of carbonyl (C=O) groups is 1. The van der Waals surface area contributed by atoms with Crippen LogP contribution in [0.4, 0.5) is 5.82 Å². The number of hydrogen-bond acceptors (Lipinski definition) is 4. The SMILES string of the molecule is CCc1ncoc1C(=O)Nc1cc(-c2ccccc2)nn1C(C)C. The highest BCUT2D eigenvalue weighted by Gasteiger charge is 2.19. The highest BCUT2D eigenvalue weighted by molar-refractivity contribution is 6.02. The minimum absolute atomic E-state index is 0.109. The molecule has 6 nitrogen and oxygen atoms in total. The van der Waals surface area contributed by atoms with Crippen molar-refractivity contribution in [2.24, 2.45) is 0 Å². The lowest BCUT2D eigenvalue weighted by Crippen LogP contribution is -2.17. The Balaban J connectivity index is 1.92. The van der Waals surface area contributed by atoms with Crippen molar-refractivity contribution in [2.45, 2.75) is 33.2 Å². The van der Waals surface area contributed by atoms with Crippen molar-refractivity contribution in [1.82, 2.24) is 14.8 Å². The number of aryl methyl sites for hydroxylation is 1. The van der Waals surface area contributed by atoms with E-state index in [9.17, 15) is 4.79 Å². The van der Waals surface area contributed by atoms with E-state index in [1.807, 2.05) is 57.2 Å². The molecule has 124 valence electrons. The monoisotopic (exact) mass is 324 g/mol. The normalized spacial score (nSPS) is 11.0. The average molecular weight is 324 g/mol. The number of anilines is 1. The molecule has 0 saturated heterocycles. The molecule has 1 N–H and O–H groups in total. The van der Waals surface area contributed by atoms with E-state index in [4.69, 9.17) is 4.42 Å². The second-order valence-corrected chi connectivity index (χ2v) is 5.76. The lowest BCUT2D eigenvalue weighted by molar-refractivity contribution is 0.0994. The molecule has 0 unspecified atom stereocenters. The molecule has 0 saturated carbocycles. The maximum absolute atomic E-state index is 12.5.